The third-order valence-electron chi connectivity index (χ3n) is 0.505. The molecule has 0 saturated heterocycles. The maximum Gasteiger partial charge on any atom is 0.255 e. The highest BCUT2D eigenvalue weighted by molar-refractivity contribution is 5.72. The standard InChI is InChI=1S/C4H7F2NO/c1-3(8)7-2-4(5)6/h4H,2H2,1H3,(H,7,8). The molecule has 0 fully saturated rings. The summed E-state index contributed by atoms with van der Waals surface area (Å²) in [5, 5.41) is 1.96. The first kappa shape index (κ1) is 7.33. The molecule has 4 heteroatoms. The molecule has 0 aliphatic heterocycles. The van der Waals surface area contributed by atoms with Crippen LogP contribution in [-0.4, -0.2) is 18.9 Å². The Bertz CT molecular complexity index is 84.1. The van der Waals surface area contributed by atoms with Gasteiger partial charge in [0.05, 0.1) is 6.54 Å². The molecule has 0 saturated carbocycles. The van der Waals surface area contributed by atoms with Crippen molar-refractivity contribution in [3.63, 3.8) is 0 Å². The zero-order chi connectivity index (χ0) is 6.57. The van der Waals surface area contributed by atoms with E-state index in [9.17, 15) is 13.6 Å². The van der Waals surface area contributed by atoms with E-state index in [0.717, 1.165) is 0 Å². The minimum atomic E-state index is -2.45. The van der Waals surface area contributed by atoms with Crippen molar-refractivity contribution in [1.82, 2.24) is 5.32 Å². The maximum atomic E-state index is 11.2. The molecule has 2 nitrogen and oxygen atoms in total. The zero-order valence-electron chi connectivity index (χ0n) is 4.45. The van der Waals surface area contributed by atoms with Crippen LogP contribution in [-0.2, 0) is 4.79 Å². The van der Waals surface area contributed by atoms with Gasteiger partial charge in [-0.2, -0.15) is 0 Å². The average Bonchev–Trinajstić information content (AvgIpc) is 1.61. The van der Waals surface area contributed by atoms with Gasteiger partial charge in [-0.15, -0.1) is 0 Å². The van der Waals surface area contributed by atoms with E-state index in [4.69, 9.17) is 0 Å². The Labute approximate surface area is 45.9 Å². The Morgan fingerprint density at radius 1 is 1.75 bits per heavy atom. The molecule has 0 bridgehead atoms. The van der Waals surface area contributed by atoms with Gasteiger partial charge < -0.3 is 5.32 Å². The summed E-state index contributed by atoms with van der Waals surface area (Å²) in [7, 11) is 0. The minimum Gasteiger partial charge on any atom is -0.351 e. The molecule has 0 aromatic rings. The number of rotatable bonds is 2. The van der Waals surface area contributed by atoms with Crippen LogP contribution >= 0.6 is 0 Å². The van der Waals surface area contributed by atoms with Gasteiger partial charge >= 0.3 is 0 Å². The van der Waals surface area contributed by atoms with Gasteiger partial charge in [-0.1, -0.05) is 0 Å². The molecule has 1 N–H and O–H groups in total. The lowest BCUT2D eigenvalue weighted by Gasteiger charge is -1.97. The summed E-state index contributed by atoms with van der Waals surface area (Å²) >= 11 is 0. The van der Waals surface area contributed by atoms with Gasteiger partial charge in [0, 0.05) is 6.92 Å². The van der Waals surface area contributed by atoms with Crippen molar-refractivity contribution in [3.05, 3.63) is 0 Å². The van der Waals surface area contributed by atoms with E-state index in [2.05, 4.69) is 0 Å². The monoisotopic (exact) mass is 123 g/mol. The van der Waals surface area contributed by atoms with Crippen molar-refractivity contribution in [3.8, 4) is 0 Å². The van der Waals surface area contributed by atoms with E-state index in [1.807, 2.05) is 5.32 Å². The summed E-state index contributed by atoms with van der Waals surface area (Å²) in [5.74, 6) is -0.426. The molecule has 0 unspecified atom stereocenters. The number of hydrogen-bond acceptors (Lipinski definition) is 1. The van der Waals surface area contributed by atoms with Crippen molar-refractivity contribution in [2.75, 3.05) is 6.54 Å². The quantitative estimate of drug-likeness (QED) is 0.565. The lowest BCUT2D eigenvalue weighted by Crippen LogP contribution is -2.25. The molecule has 0 aromatic heterocycles. The Kier molecular flexibility index (Phi) is 3.07. The topological polar surface area (TPSA) is 29.1 Å². The Morgan fingerprint density at radius 2 is 2.25 bits per heavy atom. The van der Waals surface area contributed by atoms with E-state index in [0.29, 0.717) is 0 Å². The Balaban J connectivity index is 3.05. The van der Waals surface area contributed by atoms with Crippen molar-refractivity contribution < 1.29 is 13.6 Å². The van der Waals surface area contributed by atoms with Crippen LogP contribution in [0.1, 0.15) is 6.92 Å². The van der Waals surface area contributed by atoms with E-state index < -0.39 is 18.9 Å². The fourth-order valence-electron chi connectivity index (χ4n) is 0.221. The molecule has 48 valence electrons. The molecule has 0 aliphatic rings. The fraction of sp³-hybridized carbons (Fsp3) is 0.750. The highest BCUT2D eigenvalue weighted by Gasteiger charge is 2.00. The van der Waals surface area contributed by atoms with Crippen LogP contribution in [0.25, 0.3) is 0 Å². The summed E-state index contributed by atoms with van der Waals surface area (Å²) < 4.78 is 22.4. The van der Waals surface area contributed by atoms with E-state index in [1.165, 1.54) is 6.92 Å². The summed E-state index contributed by atoms with van der Waals surface area (Å²) in [6.07, 6.45) is -2.45. The predicted molar refractivity (Wildman–Crippen MR) is 24.7 cm³/mol. The summed E-state index contributed by atoms with van der Waals surface area (Å²) in [6.45, 7) is 0.651. The lowest BCUT2D eigenvalue weighted by atomic mass is 10.6. The molecule has 0 heterocycles. The van der Waals surface area contributed by atoms with Crippen LogP contribution in [0.5, 0.6) is 0 Å². The fourth-order valence-corrected chi connectivity index (χ4v) is 0.221. The van der Waals surface area contributed by atoms with Gasteiger partial charge in [-0.3, -0.25) is 4.79 Å². The molecular formula is C4H7F2NO. The Hall–Kier alpha value is -0.670. The molecule has 0 aliphatic carbocycles. The van der Waals surface area contributed by atoms with E-state index >= 15 is 0 Å². The summed E-state index contributed by atoms with van der Waals surface area (Å²) in [4.78, 5) is 9.90. The molecule has 0 rings (SSSR count). The van der Waals surface area contributed by atoms with Gasteiger partial charge in [0.1, 0.15) is 0 Å². The molecule has 0 radical (unpaired) electrons. The molecule has 0 aromatic carbocycles. The number of hydrogen-bond donors (Lipinski definition) is 1. The highest BCUT2D eigenvalue weighted by atomic mass is 19.3. The van der Waals surface area contributed by atoms with Crippen LogP contribution in [0.15, 0.2) is 0 Å². The smallest absolute Gasteiger partial charge is 0.255 e. The second kappa shape index (κ2) is 3.35. The summed E-state index contributed by atoms with van der Waals surface area (Å²) in [6, 6.07) is 0. The number of alkyl halides is 2. The largest absolute Gasteiger partial charge is 0.351 e. The van der Waals surface area contributed by atoms with Crippen LogP contribution in [0, 0.1) is 0 Å². The van der Waals surface area contributed by atoms with Gasteiger partial charge in [0.2, 0.25) is 5.91 Å². The Morgan fingerprint density at radius 3 is 2.38 bits per heavy atom. The number of carbonyl (C=O) groups excluding carboxylic acids is 1. The van der Waals surface area contributed by atoms with Gasteiger partial charge in [-0.25, -0.2) is 8.78 Å². The number of amides is 1. The highest BCUT2D eigenvalue weighted by Crippen LogP contribution is 1.86. The van der Waals surface area contributed by atoms with E-state index in [-0.39, 0.29) is 0 Å². The molecule has 8 heavy (non-hydrogen) atoms. The number of nitrogens with one attached hydrogen (secondary N) is 1. The van der Waals surface area contributed by atoms with Crippen molar-refractivity contribution in [1.29, 1.82) is 0 Å². The van der Waals surface area contributed by atoms with Crippen molar-refractivity contribution in [2.45, 2.75) is 13.3 Å². The maximum absolute atomic E-state index is 11.2. The van der Waals surface area contributed by atoms with Crippen LogP contribution in [0.2, 0.25) is 0 Å². The predicted octanol–water partition coefficient (Wildman–Crippen LogP) is 0.388. The van der Waals surface area contributed by atoms with Crippen LogP contribution in [0.4, 0.5) is 8.78 Å². The van der Waals surface area contributed by atoms with Crippen LogP contribution in [0.3, 0.4) is 0 Å². The SMILES string of the molecule is CC(=O)NCC(F)F. The number of carbonyl (C=O) groups is 1. The van der Waals surface area contributed by atoms with E-state index in [1.54, 1.807) is 0 Å². The second-order valence-electron chi connectivity index (χ2n) is 1.33. The first-order chi connectivity index (χ1) is 3.63. The molecule has 0 spiro atoms. The first-order valence-corrected chi connectivity index (χ1v) is 2.15. The molecule has 1 amide bonds. The van der Waals surface area contributed by atoms with Gasteiger partial charge in [0.25, 0.3) is 6.43 Å². The normalized spacial score (nSPS) is 9.50. The lowest BCUT2D eigenvalue weighted by molar-refractivity contribution is -0.119. The first-order valence-electron chi connectivity index (χ1n) is 2.15. The molecule has 0 atom stereocenters. The summed E-state index contributed by atoms with van der Waals surface area (Å²) in [5.41, 5.74) is 0. The van der Waals surface area contributed by atoms with Gasteiger partial charge in [-0.05, 0) is 0 Å². The molecular weight excluding hydrogens is 116 g/mol. The average molecular weight is 123 g/mol. The van der Waals surface area contributed by atoms with Crippen LogP contribution < -0.4 is 5.32 Å². The zero-order valence-corrected chi connectivity index (χ0v) is 4.45. The number of halogens is 2. The van der Waals surface area contributed by atoms with Crippen molar-refractivity contribution in [2.24, 2.45) is 0 Å². The van der Waals surface area contributed by atoms with Crippen molar-refractivity contribution >= 4 is 5.91 Å². The minimum absolute atomic E-state index is 0.426. The third kappa shape index (κ3) is 5.33. The van der Waals surface area contributed by atoms with Gasteiger partial charge in [0.15, 0.2) is 0 Å². The third-order valence-corrected chi connectivity index (χ3v) is 0.505. The second-order valence-corrected chi connectivity index (χ2v) is 1.33.